The SMILES string of the molecule is CC(C)c1noc(N2CCCC3(CC3)C2)n1. The summed E-state index contributed by atoms with van der Waals surface area (Å²) in [4.78, 5) is 6.75. The van der Waals surface area contributed by atoms with Gasteiger partial charge in [-0.2, -0.15) is 4.98 Å². The van der Waals surface area contributed by atoms with Gasteiger partial charge in [-0.25, -0.2) is 0 Å². The lowest BCUT2D eigenvalue weighted by atomic mass is 9.95. The van der Waals surface area contributed by atoms with Gasteiger partial charge in [0.05, 0.1) is 0 Å². The smallest absolute Gasteiger partial charge is 0.324 e. The van der Waals surface area contributed by atoms with Crippen molar-refractivity contribution in [1.82, 2.24) is 10.1 Å². The molecule has 0 N–H and O–H groups in total. The van der Waals surface area contributed by atoms with Crippen molar-refractivity contribution in [3.8, 4) is 0 Å². The zero-order valence-electron chi connectivity index (χ0n) is 10.1. The van der Waals surface area contributed by atoms with Crippen molar-refractivity contribution < 1.29 is 4.52 Å². The first-order valence-electron chi connectivity index (χ1n) is 6.27. The highest BCUT2D eigenvalue weighted by atomic mass is 16.5. The van der Waals surface area contributed by atoms with Gasteiger partial charge in [0, 0.05) is 19.0 Å². The summed E-state index contributed by atoms with van der Waals surface area (Å²) in [7, 11) is 0. The van der Waals surface area contributed by atoms with Gasteiger partial charge in [-0.3, -0.25) is 0 Å². The predicted molar refractivity (Wildman–Crippen MR) is 61.5 cm³/mol. The molecule has 4 nitrogen and oxygen atoms in total. The molecule has 1 aromatic heterocycles. The van der Waals surface area contributed by atoms with Gasteiger partial charge in [0.25, 0.3) is 0 Å². The van der Waals surface area contributed by atoms with Gasteiger partial charge in [0.15, 0.2) is 5.82 Å². The molecule has 16 heavy (non-hydrogen) atoms. The summed E-state index contributed by atoms with van der Waals surface area (Å²) < 4.78 is 5.35. The Kier molecular flexibility index (Phi) is 2.19. The lowest BCUT2D eigenvalue weighted by molar-refractivity contribution is 0.349. The Hall–Kier alpha value is -1.06. The summed E-state index contributed by atoms with van der Waals surface area (Å²) in [5.41, 5.74) is 0.602. The molecule has 0 bridgehead atoms. The van der Waals surface area contributed by atoms with Crippen molar-refractivity contribution in [2.75, 3.05) is 18.0 Å². The molecule has 1 aliphatic heterocycles. The van der Waals surface area contributed by atoms with Crippen LogP contribution < -0.4 is 4.90 Å². The molecule has 3 rings (SSSR count). The van der Waals surface area contributed by atoms with Gasteiger partial charge in [-0.05, 0) is 31.1 Å². The molecule has 0 radical (unpaired) electrons. The molecular weight excluding hydrogens is 202 g/mol. The van der Waals surface area contributed by atoms with Gasteiger partial charge in [-0.15, -0.1) is 0 Å². The third-order valence-electron chi connectivity index (χ3n) is 3.84. The highest BCUT2D eigenvalue weighted by molar-refractivity contribution is 5.28. The Bertz CT molecular complexity index is 381. The molecule has 4 heteroatoms. The van der Waals surface area contributed by atoms with Crippen LogP contribution in [0.4, 0.5) is 6.01 Å². The minimum atomic E-state index is 0.345. The molecular formula is C12H19N3O. The number of aromatic nitrogens is 2. The normalized spacial score (nSPS) is 23.1. The van der Waals surface area contributed by atoms with E-state index in [4.69, 9.17) is 4.52 Å². The van der Waals surface area contributed by atoms with Crippen LogP contribution in [0.15, 0.2) is 4.52 Å². The second-order valence-electron chi connectivity index (χ2n) is 5.61. The van der Waals surface area contributed by atoms with Crippen molar-refractivity contribution >= 4 is 6.01 Å². The van der Waals surface area contributed by atoms with Crippen molar-refractivity contribution in [2.24, 2.45) is 5.41 Å². The zero-order chi connectivity index (χ0) is 11.2. The molecule has 88 valence electrons. The summed E-state index contributed by atoms with van der Waals surface area (Å²) in [6.45, 7) is 6.37. The average Bonchev–Trinajstić information content (AvgIpc) is 2.85. The van der Waals surface area contributed by atoms with Gasteiger partial charge < -0.3 is 9.42 Å². The van der Waals surface area contributed by atoms with E-state index >= 15 is 0 Å². The van der Waals surface area contributed by atoms with Crippen molar-refractivity contribution in [3.63, 3.8) is 0 Å². The van der Waals surface area contributed by atoms with Crippen molar-refractivity contribution in [1.29, 1.82) is 0 Å². The lowest BCUT2D eigenvalue weighted by Crippen LogP contribution is -2.36. The van der Waals surface area contributed by atoms with Crippen LogP contribution in [0.1, 0.15) is 51.3 Å². The monoisotopic (exact) mass is 221 g/mol. The first kappa shape index (κ1) is 10.1. The Morgan fingerprint density at radius 1 is 1.31 bits per heavy atom. The highest BCUT2D eigenvalue weighted by Crippen LogP contribution is 2.52. The van der Waals surface area contributed by atoms with Crippen molar-refractivity contribution in [2.45, 2.75) is 45.4 Å². The summed E-state index contributed by atoms with van der Waals surface area (Å²) in [5.74, 6) is 1.17. The van der Waals surface area contributed by atoms with Crippen LogP contribution in [0, 0.1) is 5.41 Å². The molecule has 2 heterocycles. The molecule has 1 saturated heterocycles. The quantitative estimate of drug-likeness (QED) is 0.769. The summed E-state index contributed by atoms with van der Waals surface area (Å²) in [5, 5.41) is 4.03. The van der Waals surface area contributed by atoms with Gasteiger partial charge >= 0.3 is 6.01 Å². The number of hydrogen-bond acceptors (Lipinski definition) is 4. The van der Waals surface area contributed by atoms with Crippen LogP contribution in [-0.2, 0) is 0 Å². The number of hydrogen-bond donors (Lipinski definition) is 0. The van der Waals surface area contributed by atoms with E-state index in [1.807, 2.05) is 0 Å². The van der Waals surface area contributed by atoms with Crippen LogP contribution >= 0.6 is 0 Å². The van der Waals surface area contributed by atoms with Crippen LogP contribution in [0.3, 0.4) is 0 Å². The van der Waals surface area contributed by atoms with E-state index < -0.39 is 0 Å². The summed E-state index contributed by atoms with van der Waals surface area (Å²) >= 11 is 0. The second-order valence-corrected chi connectivity index (χ2v) is 5.61. The van der Waals surface area contributed by atoms with E-state index in [9.17, 15) is 0 Å². The maximum atomic E-state index is 5.35. The maximum absolute atomic E-state index is 5.35. The van der Waals surface area contributed by atoms with E-state index in [0.717, 1.165) is 24.9 Å². The number of anilines is 1. The Morgan fingerprint density at radius 2 is 2.12 bits per heavy atom. The second kappa shape index (κ2) is 3.47. The van der Waals surface area contributed by atoms with E-state index in [1.165, 1.54) is 25.7 Å². The van der Waals surface area contributed by atoms with E-state index in [2.05, 4.69) is 28.9 Å². The van der Waals surface area contributed by atoms with Gasteiger partial charge in [0.2, 0.25) is 0 Å². The average molecular weight is 221 g/mol. The summed E-state index contributed by atoms with van der Waals surface area (Å²) in [6, 6.07) is 0.731. The molecule has 0 aromatic carbocycles. The van der Waals surface area contributed by atoms with Crippen LogP contribution in [0.2, 0.25) is 0 Å². The lowest BCUT2D eigenvalue weighted by Gasteiger charge is -2.31. The number of rotatable bonds is 2. The molecule has 2 aliphatic rings. The van der Waals surface area contributed by atoms with Crippen LogP contribution in [0.5, 0.6) is 0 Å². The molecule has 1 saturated carbocycles. The highest BCUT2D eigenvalue weighted by Gasteiger charge is 2.46. The first-order chi connectivity index (χ1) is 7.69. The first-order valence-corrected chi connectivity index (χ1v) is 6.27. The molecule has 1 aliphatic carbocycles. The Labute approximate surface area is 96.0 Å². The standard InChI is InChI=1S/C12H19N3O/c1-9(2)10-13-11(16-14-10)15-7-3-4-12(8-15)5-6-12/h9H,3-8H2,1-2H3. The minimum Gasteiger partial charge on any atom is -0.324 e. The third-order valence-corrected chi connectivity index (χ3v) is 3.84. The zero-order valence-corrected chi connectivity index (χ0v) is 10.1. The molecule has 1 aromatic rings. The fourth-order valence-corrected chi connectivity index (χ4v) is 2.55. The van der Waals surface area contributed by atoms with Crippen molar-refractivity contribution in [3.05, 3.63) is 5.82 Å². The molecule has 0 unspecified atom stereocenters. The van der Waals surface area contributed by atoms with Gasteiger partial charge in [0.1, 0.15) is 0 Å². The molecule has 2 fully saturated rings. The molecule has 0 amide bonds. The van der Waals surface area contributed by atoms with Crippen LogP contribution in [0.25, 0.3) is 0 Å². The summed E-state index contributed by atoms with van der Waals surface area (Å²) in [6.07, 6.45) is 5.41. The van der Waals surface area contributed by atoms with E-state index in [0.29, 0.717) is 11.3 Å². The Morgan fingerprint density at radius 3 is 2.75 bits per heavy atom. The minimum absolute atomic E-state index is 0.345. The fraction of sp³-hybridized carbons (Fsp3) is 0.833. The number of piperidine rings is 1. The largest absolute Gasteiger partial charge is 0.324 e. The van der Waals surface area contributed by atoms with E-state index in [-0.39, 0.29) is 0 Å². The maximum Gasteiger partial charge on any atom is 0.324 e. The number of nitrogens with zero attached hydrogens (tertiary/aromatic N) is 3. The van der Waals surface area contributed by atoms with Gasteiger partial charge in [-0.1, -0.05) is 19.0 Å². The molecule has 0 atom stereocenters. The fourth-order valence-electron chi connectivity index (χ4n) is 2.55. The Balaban J connectivity index is 1.75. The van der Waals surface area contributed by atoms with Crippen LogP contribution in [-0.4, -0.2) is 23.2 Å². The molecule has 1 spiro atoms. The third kappa shape index (κ3) is 1.70. The van der Waals surface area contributed by atoms with E-state index in [1.54, 1.807) is 0 Å². The topological polar surface area (TPSA) is 42.2 Å². The predicted octanol–water partition coefficient (Wildman–Crippen LogP) is 2.57.